The molecule has 0 radical (unpaired) electrons. The molecule has 0 saturated carbocycles. The van der Waals surface area contributed by atoms with Crippen molar-refractivity contribution in [2.24, 2.45) is 5.92 Å². The second-order valence-electron chi connectivity index (χ2n) is 8.23. The van der Waals surface area contributed by atoms with Crippen LogP contribution >= 0.6 is 0 Å². The van der Waals surface area contributed by atoms with Crippen LogP contribution in [0.25, 0.3) is 11.4 Å². The van der Waals surface area contributed by atoms with E-state index in [1.807, 2.05) is 32.0 Å². The summed E-state index contributed by atoms with van der Waals surface area (Å²) < 4.78 is 27.8. The molecule has 0 aliphatic carbocycles. The van der Waals surface area contributed by atoms with Gasteiger partial charge >= 0.3 is 0 Å². The molecule has 1 amide bonds. The zero-order valence-corrected chi connectivity index (χ0v) is 19.4. The van der Waals surface area contributed by atoms with Crippen LogP contribution in [0.1, 0.15) is 35.6 Å². The molecule has 1 atom stereocenters. The Morgan fingerprint density at radius 2 is 1.94 bits per heavy atom. The predicted octanol–water partition coefficient (Wildman–Crippen LogP) is 2.47. The molecule has 1 unspecified atom stereocenters. The molecule has 4 rings (SSSR count). The maximum absolute atomic E-state index is 13.2. The number of carbonyl (C=O) groups is 1. The number of benzene rings is 1. The van der Waals surface area contributed by atoms with Gasteiger partial charge in [-0.15, -0.1) is 0 Å². The van der Waals surface area contributed by atoms with Crippen LogP contribution < -0.4 is 5.32 Å². The zero-order valence-electron chi connectivity index (χ0n) is 18.6. The summed E-state index contributed by atoms with van der Waals surface area (Å²) in [6.07, 6.45) is 1.24. The van der Waals surface area contributed by atoms with E-state index in [1.165, 1.54) is 4.31 Å². The molecule has 11 heteroatoms. The van der Waals surface area contributed by atoms with Gasteiger partial charge in [0.1, 0.15) is 10.7 Å². The Bertz CT molecular complexity index is 1240. The average molecular weight is 458 g/mol. The van der Waals surface area contributed by atoms with E-state index in [9.17, 15) is 13.2 Å². The van der Waals surface area contributed by atoms with Crippen LogP contribution in [0.4, 0.5) is 5.69 Å². The van der Waals surface area contributed by atoms with Crippen molar-refractivity contribution in [1.82, 2.24) is 29.7 Å². The number of amides is 1. The summed E-state index contributed by atoms with van der Waals surface area (Å²) in [5.41, 5.74) is 3.29. The fourth-order valence-electron chi connectivity index (χ4n) is 4.03. The molecule has 1 aromatic carbocycles. The summed E-state index contributed by atoms with van der Waals surface area (Å²) in [6, 6.07) is 5.64. The minimum Gasteiger partial charge on any atom is -0.326 e. The fraction of sp³-hybridized carbons (Fsp3) is 0.429. The Morgan fingerprint density at radius 3 is 2.59 bits per heavy atom. The minimum atomic E-state index is -3.73. The van der Waals surface area contributed by atoms with E-state index in [4.69, 9.17) is 0 Å². The molecule has 32 heavy (non-hydrogen) atoms. The first-order chi connectivity index (χ1) is 15.2. The third-order valence-corrected chi connectivity index (χ3v) is 7.89. The number of nitrogens with zero attached hydrogens (tertiary/aromatic N) is 4. The van der Waals surface area contributed by atoms with Crippen LogP contribution in [0.2, 0.25) is 0 Å². The summed E-state index contributed by atoms with van der Waals surface area (Å²) >= 11 is 0. The van der Waals surface area contributed by atoms with Crippen LogP contribution in [0, 0.1) is 33.6 Å². The van der Waals surface area contributed by atoms with Crippen molar-refractivity contribution in [1.29, 1.82) is 0 Å². The topological polar surface area (TPSA) is 137 Å². The van der Waals surface area contributed by atoms with Crippen molar-refractivity contribution >= 4 is 21.6 Å². The number of nitrogens with one attached hydrogen (secondary N) is 3. The molecule has 0 spiro atoms. The molecule has 1 aliphatic rings. The van der Waals surface area contributed by atoms with Gasteiger partial charge in [-0.2, -0.15) is 14.5 Å². The number of hydrogen-bond donors (Lipinski definition) is 3. The highest BCUT2D eigenvalue weighted by Crippen LogP contribution is 2.28. The van der Waals surface area contributed by atoms with Gasteiger partial charge in [0.15, 0.2) is 5.82 Å². The van der Waals surface area contributed by atoms with E-state index in [2.05, 4.69) is 30.7 Å². The number of aryl methyl sites for hydroxylation is 4. The van der Waals surface area contributed by atoms with Gasteiger partial charge in [-0.25, -0.2) is 13.4 Å². The maximum atomic E-state index is 13.2. The van der Waals surface area contributed by atoms with E-state index in [-0.39, 0.29) is 17.3 Å². The monoisotopic (exact) mass is 457 g/mol. The largest absolute Gasteiger partial charge is 0.326 e. The van der Waals surface area contributed by atoms with E-state index in [0.717, 1.165) is 11.1 Å². The first kappa shape index (κ1) is 22.2. The molecular formula is C21H27N7O3S. The number of anilines is 1. The second kappa shape index (κ2) is 8.47. The minimum absolute atomic E-state index is 0.136. The first-order valence-corrected chi connectivity index (χ1v) is 11.9. The van der Waals surface area contributed by atoms with Crippen molar-refractivity contribution in [2.45, 2.75) is 45.4 Å². The second-order valence-corrected chi connectivity index (χ2v) is 10.1. The van der Waals surface area contributed by atoms with E-state index in [1.54, 1.807) is 13.8 Å². The zero-order chi connectivity index (χ0) is 23.0. The molecular weight excluding hydrogens is 430 g/mol. The molecule has 1 aliphatic heterocycles. The third kappa shape index (κ3) is 4.17. The highest BCUT2D eigenvalue weighted by atomic mass is 32.2. The number of rotatable bonds is 5. The lowest BCUT2D eigenvalue weighted by Crippen LogP contribution is -2.44. The molecule has 2 aromatic heterocycles. The summed E-state index contributed by atoms with van der Waals surface area (Å²) in [5, 5.41) is 16.7. The third-order valence-electron chi connectivity index (χ3n) is 5.76. The lowest BCUT2D eigenvalue weighted by Gasteiger charge is -2.31. The molecule has 0 bridgehead atoms. The van der Waals surface area contributed by atoms with Gasteiger partial charge in [0.05, 0.1) is 17.3 Å². The number of aromatic nitrogens is 5. The Labute approximate surface area is 186 Å². The van der Waals surface area contributed by atoms with Crippen molar-refractivity contribution < 1.29 is 13.2 Å². The van der Waals surface area contributed by atoms with Gasteiger partial charge < -0.3 is 5.32 Å². The fourth-order valence-corrected chi connectivity index (χ4v) is 5.88. The SMILES string of the molecule is Cc1nc(-c2ccc(C)c(NC(=O)C3CCCN(S(=O)(=O)c4c(C)n[nH]c4C)C3)c2)n[nH]1. The highest BCUT2D eigenvalue weighted by Gasteiger charge is 2.35. The van der Waals surface area contributed by atoms with Crippen molar-refractivity contribution in [3.8, 4) is 11.4 Å². The number of aromatic amines is 2. The Balaban J connectivity index is 1.52. The van der Waals surface area contributed by atoms with E-state index >= 15 is 0 Å². The van der Waals surface area contributed by atoms with Gasteiger partial charge in [0.2, 0.25) is 15.9 Å². The maximum Gasteiger partial charge on any atom is 0.246 e. The number of piperidine rings is 1. The van der Waals surface area contributed by atoms with Crippen LogP contribution in [-0.4, -0.2) is 57.1 Å². The quantitative estimate of drug-likeness (QED) is 0.538. The average Bonchev–Trinajstić information content (AvgIpc) is 3.34. The summed E-state index contributed by atoms with van der Waals surface area (Å²) in [4.78, 5) is 17.6. The molecule has 3 N–H and O–H groups in total. The van der Waals surface area contributed by atoms with Gasteiger partial charge in [-0.1, -0.05) is 12.1 Å². The lowest BCUT2D eigenvalue weighted by molar-refractivity contribution is -0.120. The Morgan fingerprint density at radius 1 is 1.16 bits per heavy atom. The van der Waals surface area contributed by atoms with Crippen molar-refractivity contribution in [3.63, 3.8) is 0 Å². The molecule has 1 saturated heterocycles. The molecule has 3 heterocycles. The van der Waals surface area contributed by atoms with Gasteiger partial charge in [-0.3, -0.25) is 15.0 Å². The van der Waals surface area contributed by atoms with Gasteiger partial charge in [0, 0.05) is 24.3 Å². The predicted molar refractivity (Wildman–Crippen MR) is 119 cm³/mol. The van der Waals surface area contributed by atoms with Crippen LogP contribution in [-0.2, 0) is 14.8 Å². The van der Waals surface area contributed by atoms with Crippen LogP contribution in [0.15, 0.2) is 23.1 Å². The number of H-pyrrole nitrogens is 2. The number of carbonyl (C=O) groups excluding carboxylic acids is 1. The lowest BCUT2D eigenvalue weighted by atomic mass is 9.98. The van der Waals surface area contributed by atoms with E-state index < -0.39 is 15.9 Å². The van der Waals surface area contributed by atoms with E-state index in [0.29, 0.717) is 48.1 Å². The van der Waals surface area contributed by atoms with Gasteiger partial charge in [-0.05, 0) is 52.2 Å². The van der Waals surface area contributed by atoms with Crippen LogP contribution in [0.5, 0.6) is 0 Å². The molecule has 1 fully saturated rings. The van der Waals surface area contributed by atoms with Crippen molar-refractivity contribution in [2.75, 3.05) is 18.4 Å². The Kier molecular flexibility index (Phi) is 5.87. The van der Waals surface area contributed by atoms with Crippen LogP contribution in [0.3, 0.4) is 0 Å². The smallest absolute Gasteiger partial charge is 0.246 e. The summed E-state index contributed by atoms with van der Waals surface area (Å²) in [5.74, 6) is 0.619. The standard InChI is InChI=1S/C21H27N7O3S/c1-12-7-8-16(20-22-15(4)26-27-20)10-18(12)23-21(29)17-6-5-9-28(11-17)32(30,31)19-13(2)24-25-14(19)3/h7-8,10,17H,5-6,9,11H2,1-4H3,(H,23,29)(H,24,25)(H,22,26,27). The normalized spacial score (nSPS) is 17.4. The summed E-state index contributed by atoms with van der Waals surface area (Å²) in [6.45, 7) is 7.60. The van der Waals surface area contributed by atoms with Gasteiger partial charge in [0.25, 0.3) is 0 Å². The highest BCUT2D eigenvalue weighted by molar-refractivity contribution is 7.89. The molecule has 170 valence electrons. The molecule has 10 nitrogen and oxygen atoms in total. The Hall–Kier alpha value is -3.05. The molecule has 3 aromatic rings. The number of hydrogen-bond acceptors (Lipinski definition) is 6. The van der Waals surface area contributed by atoms with Crippen molar-refractivity contribution in [3.05, 3.63) is 41.0 Å². The summed E-state index contributed by atoms with van der Waals surface area (Å²) in [7, 11) is -3.73. The number of sulfonamides is 1. The first-order valence-electron chi connectivity index (χ1n) is 10.5.